The number of nitrogens with zero attached hydrogens (tertiary/aromatic N) is 1. The minimum atomic E-state index is -0.102. The van der Waals surface area contributed by atoms with E-state index in [2.05, 4.69) is 17.4 Å². The number of rotatable bonds is 8. The van der Waals surface area contributed by atoms with Crippen LogP contribution in [0.1, 0.15) is 46.5 Å². The summed E-state index contributed by atoms with van der Waals surface area (Å²) in [7, 11) is 0. The van der Waals surface area contributed by atoms with Gasteiger partial charge in [-0.05, 0) is 56.5 Å². The summed E-state index contributed by atoms with van der Waals surface area (Å²) >= 11 is 0. The predicted molar refractivity (Wildman–Crippen MR) is 101 cm³/mol. The highest BCUT2D eigenvalue weighted by Crippen LogP contribution is 2.08. The summed E-state index contributed by atoms with van der Waals surface area (Å²) in [6.45, 7) is 5.91. The second kappa shape index (κ2) is 9.62. The second-order valence-electron chi connectivity index (χ2n) is 5.90. The van der Waals surface area contributed by atoms with Crippen LogP contribution in [-0.4, -0.2) is 36.3 Å². The van der Waals surface area contributed by atoms with Gasteiger partial charge in [-0.2, -0.15) is 0 Å². The van der Waals surface area contributed by atoms with Crippen molar-refractivity contribution in [2.45, 2.75) is 26.7 Å². The minimum absolute atomic E-state index is 0.000167. The molecule has 0 unspecified atom stereocenters. The van der Waals surface area contributed by atoms with E-state index in [0.717, 1.165) is 12.8 Å². The van der Waals surface area contributed by atoms with Crippen LogP contribution in [0.25, 0.3) is 0 Å². The predicted octanol–water partition coefficient (Wildman–Crippen LogP) is 3.53. The van der Waals surface area contributed by atoms with Gasteiger partial charge in [0.15, 0.2) is 0 Å². The molecule has 0 bridgehead atoms. The molecular formula is C21H26N2O2. The van der Waals surface area contributed by atoms with E-state index in [1.807, 2.05) is 32.0 Å². The van der Waals surface area contributed by atoms with E-state index in [1.54, 1.807) is 29.2 Å². The Labute approximate surface area is 149 Å². The highest BCUT2D eigenvalue weighted by atomic mass is 16.2. The Kier molecular flexibility index (Phi) is 7.20. The lowest BCUT2D eigenvalue weighted by atomic mass is 10.1. The summed E-state index contributed by atoms with van der Waals surface area (Å²) in [5.74, 6) is -0.102. The van der Waals surface area contributed by atoms with Gasteiger partial charge in [0.2, 0.25) is 0 Å². The summed E-state index contributed by atoms with van der Waals surface area (Å²) < 4.78 is 0. The van der Waals surface area contributed by atoms with Gasteiger partial charge >= 0.3 is 0 Å². The Balaban J connectivity index is 1.82. The zero-order valence-corrected chi connectivity index (χ0v) is 15.0. The first-order valence-corrected chi connectivity index (χ1v) is 8.87. The van der Waals surface area contributed by atoms with Crippen molar-refractivity contribution < 1.29 is 9.59 Å². The number of amides is 2. The third kappa shape index (κ3) is 5.45. The smallest absolute Gasteiger partial charge is 0.253 e. The summed E-state index contributed by atoms with van der Waals surface area (Å²) in [6, 6.07) is 17.1. The number of carbonyl (C=O) groups excluding carboxylic acids is 2. The average molecular weight is 338 g/mol. The van der Waals surface area contributed by atoms with Crippen LogP contribution >= 0.6 is 0 Å². The first-order chi connectivity index (χ1) is 12.2. The normalized spacial score (nSPS) is 10.3. The molecule has 0 aromatic heterocycles. The van der Waals surface area contributed by atoms with Gasteiger partial charge in [-0.1, -0.05) is 30.3 Å². The van der Waals surface area contributed by atoms with Crippen LogP contribution in [0, 0.1) is 0 Å². The highest BCUT2D eigenvalue weighted by Gasteiger charge is 2.13. The molecule has 0 fully saturated rings. The molecule has 25 heavy (non-hydrogen) atoms. The van der Waals surface area contributed by atoms with Crippen LogP contribution < -0.4 is 5.32 Å². The monoisotopic (exact) mass is 338 g/mol. The minimum Gasteiger partial charge on any atom is -0.352 e. The molecule has 2 aromatic rings. The standard InChI is InChI=1S/C21H26N2O2/c1-3-23(4-2)21(25)19-14-12-18(13-15-19)20(24)22-16-8-11-17-9-6-5-7-10-17/h5-7,9-10,12-15H,3-4,8,11,16H2,1-2H3,(H,22,24). The molecule has 0 aliphatic rings. The van der Waals surface area contributed by atoms with Gasteiger partial charge < -0.3 is 10.2 Å². The molecule has 0 saturated heterocycles. The second-order valence-corrected chi connectivity index (χ2v) is 5.90. The van der Waals surface area contributed by atoms with Crippen LogP contribution in [0.4, 0.5) is 0 Å². The molecule has 2 rings (SSSR count). The summed E-state index contributed by atoms with van der Waals surface area (Å²) in [5.41, 5.74) is 2.47. The van der Waals surface area contributed by atoms with Crippen LogP contribution in [0.2, 0.25) is 0 Å². The lowest BCUT2D eigenvalue weighted by molar-refractivity contribution is 0.0772. The fourth-order valence-corrected chi connectivity index (χ4v) is 2.70. The molecule has 4 heteroatoms. The van der Waals surface area contributed by atoms with Gasteiger partial charge in [0.05, 0.1) is 0 Å². The number of carbonyl (C=O) groups is 2. The molecule has 0 spiro atoms. The van der Waals surface area contributed by atoms with E-state index >= 15 is 0 Å². The first-order valence-electron chi connectivity index (χ1n) is 8.87. The van der Waals surface area contributed by atoms with Crippen LogP contribution in [0.15, 0.2) is 54.6 Å². The SMILES string of the molecule is CCN(CC)C(=O)c1ccc(C(=O)NCCCc2ccccc2)cc1. The maximum absolute atomic E-state index is 12.3. The van der Waals surface area contributed by atoms with Crippen molar-refractivity contribution in [2.75, 3.05) is 19.6 Å². The quantitative estimate of drug-likeness (QED) is 0.749. The number of hydrogen-bond donors (Lipinski definition) is 1. The molecule has 2 aromatic carbocycles. The Morgan fingerprint density at radius 3 is 2.08 bits per heavy atom. The van der Waals surface area contributed by atoms with Crippen molar-refractivity contribution in [3.8, 4) is 0 Å². The van der Waals surface area contributed by atoms with E-state index in [1.165, 1.54) is 5.56 Å². The molecule has 0 aliphatic heterocycles. The third-order valence-corrected chi connectivity index (χ3v) is 4.22. The Bertz CT molecular complexity index is 677. The number of nitrogens with one attached hydrogen (secondary N) is 1. The zero-order valence-electron chi connectivity index (χ0n) is 15.0. The zero-order chi connectivity index (χ0) is 18.1. The molecule has 0 radical (unpaired) electrons. The molecule has 1 N–H and O–H groups in total. The summed E-state index contributed by atoms with van der Waals surface area (Å²) in [6.07, 6.45) is 1.84. The van der Waals surface area contributed by atoms with Gasteiger partial charge in [-0.15, -0.1) is 0 Å². The lowest BCUT2D eigenvalue weighted by Crippen LogP contribution is -2.30. The topological polar surface area (TPSA) is 49.4 Å². The van der Waals surface area contributed by atoms with E-state index in [4.69, 9.17) is 0 Å². The molecule has 132 valence electrons. The van der Waals surface area contributed by atoms with Gasteiger partial charge in [0.1, 0.15) is 0 Å². The third-order valence-electron chi connectivity index (χ3n) is 4.22. The number of aryl methyl sites for hydroxylation is 1. The van der Waals surface area contributed by atoms with Crippen LogP contribution in [-0.2, 0) is 6.42 Å². The van der Waals surface area contributed by atoms with Crippen molar-refractivity contribution in [1.29, 1.82) is 0 Å². The van der Waals surface area contributed by atoms with Crippen molar-refractivity contribution in [3.63, 3.8) is 0 Å². The van der Waals surface area contributed by atoms with Crippen molar-refractivity contribution >= 4 is 11.8 Å². The maximum Gasteiger partial charge on any atom is 0.253 e. The Morgan fingerprint density at radius 2 is 1.48 bits per heavy atom. The van der Waals surface area contributed by atoms with Crippen LogP contribution in [0.5, 0.6) is 0 Å². The largest absolute Gasteiger partial charge is 0.352 e. The van der Waals surface area contributed by atoms with Gasteiger partial charge in [0, 0.05) is 30.8 Å². The Morgan fingerprint density at radius 1 is 0.880 bits per heavy atom. The van der Waals surface area contributed by atoms with Gasteiger partial charge in [-0.25, -0.2) is 0 Å². The first kappa shape index (κ1) is 18.7. The fourth-order valence-electron chi connectivity index (χ4n) is 2.70. The van der Waals surface area contributed by atoms with E-state index in [0.29, 0.717) is 30.8 Å². The molecule has 0 saturated carbocycles. The van der Waals surface area contributed by atoms with E-state index in [9.17, 15) is 9.59 Å². The fraction of sp³-hybridized carbons (Fsp3) is 0.333. The molecule has 4 nitrogen and oxygen atoms in total. The Hall–Kier alpha value is -2.62. The summed E-state index contributed by atoms with van der Waals surface area (Å²) in [4.78, 5) is 26.2. The van der Waals surface area contributed by atoms with Crippen molar-refractivity contribution in [1.82, 2.24) is 10.2 Å². The van der Waals surface area contributed by atoms with Crippen molar-refractivity contribution in [3.05, 3.63) is 71.3 Å². The van der Waals surface area contributed by atoms with Crippen molar-refractivity contribution in [2.24, 2.45) is 0 Å². The number of benzene rings is 2. The van der Waals surface area contributed by atoms with Crippen LogP contribution in [0.3, 0.4) is 0 Å². The number of hydrogen-bond acceptors (Lipinski definition) is 2. The molecule has 0 heterocycles. The lowest BCUT2D eigenvalue weighted by Gasteiger charge is -2.18. The summed E-state index contributed by atoms with van der Waals surface area (Å²) in [5, 5.41) is 2.93. The molecule has 0 atom stereocenters. The van der Waals surface area contributed by atoms with E-state index < -0.39 is 0 Å². The van der Waals surface area contributed by atoms with Gasteiger partial charge in [-0.3, -0.25) is 9.59 Å². The van der Waals surface area contributed by atoms with E-state index in [-0.39, 0.29) is 11.8 Å². The molecule has 0 aliphatic carbocycles. The molecular weight excluding hydrogens is 312 g/mol. The highest BCUT2D eigenvalue weighted by molar-refractivity contribution is 5.97. The van der Waals surface area contributed by atoms with Gasteiger partial charge in [0.25, 0.3) is 11.8 Å². The maximum atomic E-state index is 12.3. The average Bonchev–Trinajstić information content (AvgIpc) is 2.67. The molecule has 2 amide bonds.